The highest BCUT2D eigenvalue weighted by Gasteiger charge is 2.21. The minimum atomic E-state index is -3.34. The molecule has 0 amide bonds. The highest BCUT2D eigenvalue weighted by molar-refractivity contribution is 8.00. The predicted molar refractivity (Wildman–Crippen MR) is 103 cm³/mol. The number of rotatable bonds is 7. The van der Waals surface area contributed by atoms with Crippen molar-refractivity contribution in [1.29, 1.82) is 0 Å². The third-order valence-corrected chi connectivity index (χ3v) is 7.27. The molecular weight excluding hydrogens is 396 g/mol. The molecule has 0 unspecified atom stereocenters. The van der Waals surface area contributed by atoms with Crippen LogP contribution in [0.25, 0.3) is 0 Å². The first-order valence-electron chi connectivity index (χ1n) is 8.38. The average molecular weight is 417 g/mol. The van der Waals surface area contributed by atoms with Crippen LogP contribution < -0.4 is 4.90 Å². The molecule has 1 saturated heterocycles. The van der Waals surface area contributed by atoms with Gasteiger partial charge in [0.25, 0.3) is 0 Å². The standard InChI is InChI=1S/C16H21ClN4O3S2/c1-2-21-15(20-7-9-24-10-8-20)18-19-16(21)25-11-12-26(22,23)14-5-3-13(17)4-6-14/h3-6H,2,7-12H2,1H3. The Kier molecular flexibility index (Phi) is 6.44. The molecule has 0 N–H and O–H groups in total. The second kappa shape index (κ2) is 8.60. The summed E-state index contributed by atoms with van der Waals surface area (Å²) in [5, 5.41) is 9.79. The van der Waals surface area contributed by atoms with Crippen LogP contribution in [-0.4, -0.2) is 61.0 Å². The van der Waals surface area contributed by atoms with E-state index in [4.69, 9.17) is 16.3 Å². The molecule has 1 aliphatic heterocycles. The van der Waals surface area contributed by atoms with E-state index in [1.165, 1.54) is 23.9 Å². The molecule has 10 heteroatoms. The summed E-state index contributed by atoms with van der Waals surface area (Å²) in [5.74, 6) is 1.26. The van der Waals surface area contributed by atoms with E-state index in [-0.39, 0.29) is 10.6 Å². The summed E-state index contributed by atoms with van der Waals surface area (Å²) in [6.45, 7) is 5.69. The fourth-order valence-corrected chi connectivity index (χ4v) is 5.44. The van der Waals surface area contributed by atoms with Crippen LogP contribution in [0.5, 0.6) is 0 Å². The van der Waals surface area contributed by atoms with Gasteiger partial charge in [0.15, 0.2) is 15.0 Å². The summed E-state index contributed by atoms with van der Waals surface area (Å²) in [4.78, 5) is 2.43. The van der Waals surface area contributed by atoms with Gasteiger partial charge in [-0.2, -0.15) is 0 Å². The van der Waals surface area contributed by atoms with E-state index in [0.29, 0.717) is 24.0 Å². The van der Waals surface area contributed by atoms with Crippen molar-refractivity contribution in [3.8, 4) is 0 Å². The molecule has 3 rings (SSSR count). The lowest BCUT2D eigenvalue weighted by Crippen LogP contribution is -2.38. The molecule has 1 aliphatic rings. The Bertz CT molecular complexity index is 834. The van der Waals surface area contributed by atoms with Crippen LogP contribution in [0.4, 0.5) is 5.95 Å². The van der Waals surface area contributed by atoms with Crippen LogP contribution in [0.1, 0.15) is 6.92 Å². The Morgan fingerprint density at radius 3 is 2.54 bits per heavy atom. The molecule has 1 aromatic heterocycles. The Balaban J connectivity index is 1.64. The number of hydrogen-bond donors (Lipinski definition) is 0. The summed E-state index contributed by atoms with van der Waals surface area (Å²) >= 11 is 7.22. The molecule has 0 aliphatic carbocycles. The van der Waals surface area contributed by atoms with Crippen LogP contribution in [0.15, 0.2) is 34.3 Å². The van der Waals surface area contributed by atoms with Crippen molar-refractivity contribution in [1.82, 2.24) is 14.8 Å². The molecule has 0 bridgehead atoms. The summed E-state index contributed by atoms with van der Waals surface area (Å²) in [6.07, 6.45) is 0. The van der Waals surface area contributed by atoms with Crippen LogP contribution in [0.3, 0.4) is 0 Å². The largest absolute Gasteiger partial charge is 0.378 e. The van der Waals surface area contributed by atoms with E-state index in [2.05, 4.69) is 15.1 Å². The number of anilines is 1. The fraction of sp³-hybridized carbons (Fsp3) is 0.500. The highest BCUT2D eigenvalue weighted by atomic mass is 35.5. The number of halogens is 1. The van der Waals surface area contributed by atoms with Gasteiger partial charge in [0, 0.05) is 30.4 Å². The van der Waals surface area contributed by atoms with E-state index in [1.54, 1.807) is 12.1 Å². The van der Waals surface area contributed by atoms with E-state index in [1.807, 2.05) is 11.5 Å². The Hall–Kier alpha value is -1.29. The lowest BCUT2D eigenvalue weighted by atomic mass is 10.4. The van der Waals surface area contributed by atoms with Crippen molar-refractivity contribution < 1.29 is 13.2 Å². The fourth-order valence-electron chi connectivity index (χ4n) is 2.66. The molecule has 142 valence electrons. The predicted octanol–water partition coefficient (Wildman–Crippen LogP) is 2.35. The Morgan fingerprint density at radius 2 is 1.88 bits per heavy atom. The maximum atomic E-state index is 12.4. The van der Waals surface area contributed by atoms with Crippen molar-refractivity contribution in [2.45, 2.75) is 23.5 Å². The first-order valence-corrected chi connectivity index (χ1v) is 11.4. The van der Waals surface area contributed by atoms with E-state index >= 15 is 0 Å². The number of benzene rings is 1. The maximum Gasteiger partial charge on any atom is 0.228 e. The minimum Gasteiger partial charge on any atom is -0.378 e. The zero-order chi connectivity index (χ0) is 18.6. The van der Waals surface area contributed by atoms with Gasteiger partial charge in [-0.3, -0.25) is 4.57 Å². The Labute approximate surface area is 162 Å². The number of hydrogen-bond acceptors (Lipinski definition) is 7. The summed E-state index contributed by atoms with van der Waals surface area (Å²) in [6, 6.07) is 6.24. The lowest BCUT2D eigenvalue weighted by Gasteiger charge is -2.27. The van der Waals surface area contributed by atoms with Crippen LogP contribution in [0.2, 0.25) is 5.02 Å². The first-order chi connectivity index (χ1) is 12.5. The molecule has 7 nitrogen and oxygen atoms in total. The maximum absolute atomic E-state index is 12.4. The molecule has 1 aromatic carbocycles. The SMILES string of the molecule is CCn1c(SCCS(=O)(=O)c2ccc(Cl)cc2)nnc1N1CCOCC1. The summed E-state index contributed by atoms with van der Waals surface area (Å²) < 4.78 is 32.2. The Morgan fingerprint density at radius 1 is 1.19 bits per heavy atom. The van der Waals surface area contributed by atoms with Crippen LogP contribution in [-0.2, 0) is 21.1 Å². The molecule has 2 aromatic rings. The van der Waals surface area contributed by atoms with E-state index in [0.717, 1.165) is 30.7 Å². The average Bonchev–Trinajstić information content (AvgIpc) is 3.05. The van der Waals surface area contributed by atoms with Gasteiger partial charge in [-0.1, -0.05) is 23.4 Å². The number of ether oxygens (including phenoxy) is 1. The van der Waals surface area contributed by atoms with Gasteiger partial charge in [-0.25, -0.2) is 8.42 Å². The van der Waals surface area contributed by atoms with Crippen molar-refractivity contribution in [3.05, 3.63) is 29.3 Å². The zero-order valence-electron chi connectivity index (χ0n) is 14.5. The van der Waals surface area contributed by atoms with Gasteiger partial charge in [0.05, 0.1) is 23.9 Å². The molecule has 2 heterocycles. The van der Waals surface area contributed by atoms with Gasteiger partial charge in [0.2, 0.25) is 5.95 Å². The van der Waals surface area contributed by atoms with Gasteiger partial charge < -0.3 is 9.64 Å². The smallest absolute Gasteiger partial charge is 0.228 e. The number of aromatic nitrogens is 3. The second-order valence-electron chi connectivity index (χ2n) is 5.75. The molecule has 26 heavy (non-hydrogen) atoms. The zero-order valence-corrected chi connectivity index (χ0v) is 16.9. The number of morpholine rings is 1. The second-order valence-corrected chi connectivity index (χ2v) is 9.36. The molecule has 0 radical (unpaired) electrons. The molecule has 0 atom stereocenters. The summed E-state index contributed by atoms with van der Waals surface area (Å²) in [7, 11) is -3.34. The van der Waals surface area contributed by atoms with E-state index < -0.39 is 9.84 Å². The van der Waals surface area contributed by atoms with Gasteiger partial charge in [-0.15, -0.1) is 10.2 Å². The summed E-state index contributed by atoms with van der Waals surface area (Å²) in [5.41, 5.74) is 0. The lowest BCUT2D eigenvalue weighted by molar-refractivity contribution is 0.121. The molecule has 1 fully saturated rings. The molecular formula is C16H21ClN4O3S2. The van der Waals surface area contributed by atoms with Crippen molar-refractivity contribution in [3.63, 3.8) is 0 Å². The van der Waals surface area contributed by atoms with Crippen molar-refractivity contribution in [2.24, 2.45) is 0 Å². The molecule has 0 saturated carbocycles. The van der Waals surface area contributed by atoms with Gasteiger partial charge in [-0.05, 0) is 31.2 Å². The van der Waals surface area contributed by atoms with Gasteiger partial charge >= 0.3 is 0 Å². The first kappa shape index (κ1) is 19.5. The number of sulfone groups is 1. The quantitative estimate of drug-likeness (QED) is 0.641. The monoisotopic (exact) mass is 416 g/mol. The van der Waals surface area contributed by atoms with Crippen molar-refractivity contribution in [2.75, 3.05) is 42.7 Å². The molecule has 0 spiro atoms. The van der Waals surface area contributed by atoms with E-state index in [9.17, 15) is 8.42 Å². The third-order valence-electron chi connectivity index (χ3n) is 4.06. The number of thioether (sulfide) groups is 1. The topological polar surface area (TPSA) is 77.3 Å². The number of nitrogens with zero attached hydrogens (tertiary/aromatic N) is 4. The van der Waals surface area contributed by atoms with Crippen LogP contribution in [0, 0.1) is 0 Å². The highest BCUT2D eigenvalue weighted by Crippen LogP contribution is 2.24. The minimum absolute atomic E-state index is 0.0305. The third kappa shape index (κ3) is 4.51. The normalized spacial score (nSPS) is 15.4. The van der Waals surface area contributed by atoms with Crippen molar-refractivity contribution >= 4 is 39.1 Å². The van der Waals surface area contributed by atoms with Gasteiger partial charge in [0.1, 0.15) is 0 Å². The van der Waals surface area contributed by atoms with Crippen LogP contribution >= 0.6 is 23.4 Å².